The lowest BCUT2D eigenvalue weighted by Crippen LogP contribution is -2.43. The fourth-order valence-corrected chi connectivity index (χ4v) is 3.73. The standard InChI is InChI=1S/C21H26N6O2/c1-13-5-4-6-15(23-13)11-22-18-16-7-8-17(24-19(16)26-25-18)14-9-10-27(12-14)20(28)21(2,3)29/h4-8,14,29H,9-12H2,1-3H3,(H2,22,24,25,26)/t14-/m1/s1. The monoisotopic (exact) mass is 394 g/mol. The third-order valence-corrected chi connectivity index (χ3v) is 5.25. The number of aromatic nitrogens is 4. The zero-order chi connectivity index (χ0) is 20.6. The Bertz CT molecular complexity index is 1040. The lowest BCUT2D eigenvalue weighted by atomic mass is 10.0. The lowest BCUT2D eigenvalue weighted by molar-refractivity contribution is -0.146. The molecule has 0 bridgehead atoms. The molecule has 1 aliphatic heterocycles. The number of amides is 1. The third-order valence-electron chi connectivity index (χ3n) is 5.25. The molecular weight excluding hydrogens is 368 g/mol. The molecule has 3 aromatic heterocycles. The third kappa shape index (κ3) is 4.07. The van der Waals surface area contributed by atoms with Gasteiger partial charge in [0.05, 0.1) is 17.6 Å². The van der Waals surface area contributed by atoms with Crippen LogP contribution in [0.3, 0.4) is 0 Å². The maximum atomic E-state index is 12.3. The Morgan fingerprint density at radius 1 is 1.31 bits per heavy atom. The molecule has 1 amide bonds. The SMILES string of the molecule is Cc1cccc(CNc2n[nH]c3nc([C@@H]4CCN(C(=O)C(C)(C)O)C4)ccc23)n1. The van der Waals surface area contributed by atoms with Gasteiger partial charge >= 0.3 is 0 Å². The largest absolute Gasteiger partial charge is 0.381 e. The van der Waals surface area contributed by atoms with Gasteiger partial charge < -0.3 is 15.3 Å². The molecule has 0 unspecified atom stereocenters. The number of H-pyrrole nitrogens is 1. The molecule has 0 spiro atoms. The smallest absolute Gasteiger partial charge is 0.253 e. The highest BCUT2D eigenvalue weighted by Crippen LogP contribution is 2.29. The lowest BCUT2D eigenvalue weighted by Gasteiger charge is -2.24. The van der Waals surface area contributed by atoms with Gasteiger partial charge in [0.25, 0.3) is 5.91 Å². The second kappa shape index (κ2) is 7.44. The van der Waals surface area contributed by atoms with E-state index in [-0.39, 0.29) is 11.8 Å². The summed E-state index contributed by atoms with van der Waals surface area (Å²) in [6.07, 6.45) is 0.832. The average Bonchev–Trinajstić information content (AvgIpc) is 3.32. The number of aromatic amines is 1. The summed E-state index contributed by atoms with van der Waals surface area (Å²) in [5, 5.41) is 21.5. The number of anilines is 1. The molecular formula is C21H26N6O2. The summed E-state index contributed by atoms with van der Waals surface area (Å²) in [4.78, 5) is 23.2. The second-order valence-corrected chi connectivity index (χ2v) is 8.12. The molecule has 8 nitrogen and oxygen atoms in total. The minimum absolute atomic E-state index is 0.155. The van der Waals surface area contributed by atoms with Crippen molar-refractivity contribution < 1.29 is 9.90 Å². The maximum absolute atomic E-state index is 12.3. The second-order valence-electron chi connectivity index (χ2n) is 8.12. The summed E-state index contributed by atoms with van der Waals surface area (Å²) < 4.78 is 0. The van der Waals surface area contributed by atoms with E-state index in [1.807, 2.05) is 37.3 Å². The first-order chi connectivity index (χ1) is 13.8. The van der Waals surface area contributed by atoms with Gasteiger partial charge in [0.15, 0.2) is 11.5 Å². The molecule has 0 aliphatic carbocycles. The first-order valence-corrected chi connectivity index (χ1v) is 9.84. The number of nitrogens with zero attached hydrogens (tertiary/aromatic N) is 4. The summed E-state index contributed by atoms with van der Waals surface area (Å²) in [5.41, 5.74) is 2.24. The van der Waals surface area contributed by atoms with Crippen molar-refractivity contribution in [2.45, 2.75) is 45.3 Å². The van der Waals surface area contributed by atoms with Crippen LogP contribution in [-0.2, 0) is 11.3 Å². The molecule has 1 atom stereocenters. The number of rotatable bonds is 5. The van der Waals surface area contributed by atoms with Crippen LogP contribution in [0.25, 0.3) is 11.0 Å². The van der Waals surface area contributed by atoms with Crippen molar-refractivity contribution in [2.24, 2.45) is 0 Å². The van der Waals surface area contributed by atoms with Crippen molar-refractivity contribution in [3.05, 3.63) is 47.4 Å². The van der Waals surface area contributed by atoms with Crippen LogP contribution in [0.5, 0.6) is 0 Å². The number of pyridine rings is 2. The first kappa shape index (κ1) is 19.3. The van der Waals surface area contributed by atoms with Crippen LogP contribution in [-0.4, -0.2) is 54.8 Å². The number of carbonyl (C=O) groups is 1. The van der Waals surface area contributed by atoms with Gasteiger partial charge in [-0.1, -0.05) is 6.07 Å². The molecule has 3 aromatic rings. The molecule has 0 radical (unpaired) electrons. The fraction of sp³-hybridized carbons (Fsp3) is 0.429. The highest BCUT2D eigenvalue weighted by molar-refractivity contribution is 5.87. The quantitative estimate of drug-likeness (QED) is 0.613. The van der Waals surface area contributed by atoms with E-state index in [9.17, 15) is 9.90 Å². The van der Waals surface area contributed by atoms with Gasteiger partial charge in [0, 0.05) is 30.4 Å². The minimum atomic E-state index is -1.34. The van der Waals surface area contributed by atoms with Crippen molar-refractivity contribution in [2.75, 3.05) is 18.4 Å². The van der Waals surface area contributed by atoms with E-state index in [0.29, 0.717) is 19.6 Å². The number of hydrogen-bond donors (Lipinski definition) is 3. The number of nitrogens with one attached hydrogen (secondary N) is 2. The fourth-order valence-electron chi connectivity index (χ4n) is 3.73. The summed E-state index contributed by atoms with van der Waals surface area (Å²) in [6, 6.07) is 9.94. The number of aliphatic hydroxyl groups is 1. The predicted molar refractivity (Wildman–Crippen MR) is 110 cm³/mol. The Balaban J connectivity index is 1.46. The number of likely N-dealkylation sites (tertiary alicyclic amines) is 1. The molecule has 1 aliphatic rings. The topological polar surface area (TPSA) is 107 Å². The summed E-state index contributed by atoms with van der Waals surface area (Å²) in [7, 11) is 0. The molecule has 4 rings (SSSR count). The van der Waals surface area contributed by atoms with E-state index in [1.165, 1.54) is 13.8 Å². The van der Waals surface area contributed by atoms with Gasteiger partial charge in [-0.2, -0.15) is 5.10 Å². The maximum Gasteiger partial charge on any atom is 0.253 e. The average molecular weight is 394 g/mol. The zero-order valence-corrected chi connectivity index (χ0v) is 16.9. The van der Waals surface area contributed by atoms with E-state index in [1.54, 1.807) is 4.90 Å². The van der Waals surface area contributed by atoms with Crippen LogP contribution in [0.15, 0.2) is 30.3 Å². The zero-order valence-electron chi connectivity index (χ0n) is 16.9. The van der Waals surface area contributed by atoms with Crippen molar-refractivity contribution in [3.8, 4) is 0 Å². The first-order valence-electron chi connectivity index (χ1n) is 9.84. The summed E-state index contributed by atoms with van der Waals surface area (Å²) >= 11 is 0. The van der Waals surface area contributed by atoms with Crippen molar-refractivity contribution in [3.63, 3.8) is 0 Å². The van der Waals surface area contributed by atoms with Crippen molar-refractivity contribution in [1.29, 1.82) is 0 Å². The van der Waals surface area contributed by atoms with Crippen LogP contribution in [0.2, 0.25) is 0 Å². The van der Waals surface area contributed by atoms with E-state index in [4.69, 9.17) is 4.98 Å². The van der Waals surface area contributed by atoms with Crippen molar-refractivity contribution in [1.82, 2.24) is 25.1 Å². The molecule has 0 saturated carbocycles. The minimum Gasteiger partial charge on any atom is -0.381 e. The van der Waals surface area contributed by atoms with Gasteiger partial charge in [0.2, 0.25) is 0 Å². The summed E-state index contributed by atoms with van der Waals surface area (Å²) in [5.74, 6) is 0.661. The number of fused-ring (bicyclic) bond motifs is 1. The van der Waals surface area contributed by atoms with Gasteiger partial charge in [-0.05, 0) is 51.5 Å². The van der Waals surface area contributed by atoms with E-state index < -0.39 is 5.60 Å². The van der Waals surface area contributed by atoms with Crippen LogP contribution < -0.4 is 5.32 Å². The van der Waals surface area contributed by atoms with Gasteiger partial charge in [0.1, 0.15) is 5.60 Å². The molecule has 152 valence electrons. The molecule has 4 heterocycles. The Morgan fingerprint density at radius 2 is 2.14 bits per heavy atom. The van der Waals surface area contributed by atoms with Crippen molar-refractivity contribution >= 4 is 22.8 Å². The van der Waals surface area contributed by atoms with Crippen LogP contribution in [0.4, 0.5) is 5.82 Å². The molecule has 1 saturated heterocycles. The highest BCUT2D eigenvalue weighted by atomic mass is 16.3. The summed E-state index contributed by atoms with van der Waals surface area (Å²) in [6.45, 7) is 6.81. The molecule has 0 aromatic carbocycles. The van der Waals surface area contributed by atoms with E-state index >= 15 is 0 Å². The normalized spacial score (nSPS) is 17.1. The van der Waals surface area contributed by atoms with E-state index in [2.05, 4.69) is 20.5 Å². The Hall–Kier alpha value is -3.00. The van der Waals surface area contributed by atoms with Crippen LogP contribution >= 0.6 is 0 Å². The molecule has 3 N–H and O–H groups in total. The Kier molecular flexibility index (Phi) is 4.96. The molecule has 1 fully saturated rings. The molecule has 8 heteroatoms. The highest BCUT2D eigenvalue weighted by Gasteiger charge is 2.35. The van der Waals surface area contributed by atoms with Gasteiger partial charge in [-0.3, -0.25) is 14.9 Å². The Labute approximate surface area is 169 Å². The predicted octanol–water partition coefficient (Wildman–Crippen LogP) is 2.36. The number of aryl methyl sites for hydroxylation is 1. The van der Waals surface area contributed by atoms with Crippen LogP contribution in [0, 0.1) is 6.92 Å². The number of hydrogen-bond acceptors (Lipinski definition) is 6. The van der Waals surface area contributed by atoms with Gasteiger partial charge in [-0.25, -0.2) is 4.98 Å². The molecule has 29 heavy (non-hydrogen) atoms. The van der Waals surface area contributed by atoms with Gasteiger partial charge in [-0.15, -0.1) is 0 Å². The Morgan fingerprint density at radius 3 is 2.90 bits per heavy atom. The number of carbonyl (C=O) groups excluding carboxylic acids is 1. The van der Waals surface area contributed by atoms with Crippen LogP contribution in [0.1, 0.15) is 43.3 Å². The van der Waals surface area contributed by atoms with E-state index in [0.717, 1.165) is 40.4 Å².